The molecule has 0 saturated carbocycles. The van der Waals surface area contributed by atoms with Gasteiger partial charge in [0.2, 0.25) is 0 Å². The number of aromatic amines is 1. The van der Waals surface area contributed by atoms with Crippen LogP contribution < -0.4 is 11.2 Å². The van der Waals surface area contributed by atoms with Crippen LogP contribution in [0.3, 0.4) is 0 Å². The van der Waals surface area contributed by atoms with Crippen molar-refractivity contribution < 1.29 is 0 Å². The molecule has 0 atom stereocenters. The van der Waals surface area contributed by atoms with E-state index in [1.165, 1.54) is 19.3 Å². The molecule has 0 unspecified atom stereocenters. The highest BCUT2D eigenvalue weighted by Gasteiger charge is 2.10. The van der Waals surface area contributed by atoms with Crippen LogP contribution in [0.2, 0.25) is 0 Å². The summed E-state index contributed by atoms with van der Waals surface area (Å²) >= 11 is 3.13. The molecule has 5 nitrogen and oxygen atoms in total. The molecule has 1 aliphatic heterocycles. The molecule has 17 heavy (non-hydrogen) atoms. The Hall–Kier alpha value is -0.880. The predicted octanol–water partition coefficient (Wildman–Crippen LogP) is 0.785. The zero-order valence-corrected chi connectivity index (χ0v) is 11.2. The van der Waals surface area contributed by atoms with E-state index in [0.29, 0.717) is 11.0 Å². The molecule has 0 bridgehead atoms. The minimum absolute atomic E-state index is 0.338. The van der Waals surface area contributed by atoms with Crippen molar-refractivity contribution in [3.8, 4) is 0 Å². The van der Waals surface area contributed by atoms with Crippen LogP contribution in [0.5, 0.6) is 0 Å². The molecule has 0 aromatic carbocycles. The van der Waals surface area contributed by atoms with E-state index in [0.717, 1.165) is 19.6 Å². The Morgan fingerprint density at radius 2 is 1.88 bits per heavy atom. The van der Waals surface area contributed by atoms with E-state index >= 15 is 0 Å². The highest BCUT2D eigenvalue weighted by Crippen LogP contribution is 2.08. The third-order valence-electron chi connectivity index (χ3n) is 3.07. The van der Waals surface area contributed by atoms with E-state index in [1.54, 1.807) is 10.8 Å². The molecule has 6 heteroatoms. The second-order valence-corrected chi connectivity index (χ2v) is 5.19. The molecule has 0 amide bonds. The lowest BCUT2D eigenvalue weighted by Crippen LogP contribution is -2.36. The summed E-state index contributed by atoms with van der Waals surface area (Å²) in [5, 5.41) is 0. The fourth-order valence-electron chi connectivity index (χ4n) is 2.08. The lowest BCUT2D eigenvalue weighted by molar-refractivity contribution is 0.219. The van der Waals surface area contributed by atoms with Gasteiger partial charge in [-0.2, -0.15) is 0 Å². The molecule has 0 radical (unpaired) electrons. The number of hydrogen-bond acceptors (Lipinski definition) is 3. The van der Waals surface area contributed by atoms with Crippen LogP contribution >= 0.6 is 15.9 Å². The molecular formula is C11H16BrN3O2. The third kappa shape index (κ3) is 3.29. The summed E-state index contributed by atoms with van der Waals surface area (Å²) in [6.45, 7) is 3.70. The molecule has 1 aromatic rings. The molecular weight excluding hydrogens is 286 g/mol. The van der Waals surface area contributed by atoms with E-state index in [-0.39, 0.29) is 11.2 Å². The van der Waals surface area contributed by atoms with Gasteiger partial charge in [0.15, 0.2) is 0 Å². The lowest BCUT2D eigenvalue weighted by Gasteiger charge is -2.26. The predicted molar refractivity (Wildman–Crippen MR) is 69.3 cm³/mol. The first-order valence-electron chi connectivity index (χ1n) is 5.88. The molecule has 0 aliphatic carbocycles. The van der Waals surface area contributed by atoms with Gasteiger partial charge in [0.25, 0.3) is 5.56 Å². The second kappa shape index (κ2) is 5.64. The van der Waals surface area contributed by atoms with Gasteiger partial charge < -0.3 is 4.90 Å². The van der Waals surface area contributed by atoms with Crippen LogP contribution in [0.25, 0.3) is 0 Å². The zero-order valence-electron chi connectivity index (χ0n) is 9.62. The quantitative estimate of drug-likeness (QED) is 0.898. The first-order chi connectivity index (χ1) is 8.16. The SMILES string of the molecule is O=c1[nH]c(=O)n(CCN2CCCCC2)cc1Br. The molecule has 1 aromatic heterocycles. The number of rotatable bonds is 3. The van der Waals surface area contributed by atoms with Crippen molar-refractivity contribution in [3.05, 3.63) is 31.5 Å². The molecule has 1 N–H and O–H groups in total. The van der Waals surface area contributed by atoms with Gasteiger partial charge in [0.1, 0.15) is 0 Å². The standard InChI is InChI=1S/C11H16BrN3O2/c12-9-8-15(11(17)13-10(9)16)7-6-14-4-2-1-3-5-14/h8H,1-7H2,(H,13,16,17). The van der Waals surface area contributed by atoms with Gasteiger partial charge in [-0.05, 0) is 41.9 Å². The normalized spacial score (nSPS) is 17.2. The van der Waals surface area contributed by atoms with Crippen LogP contribution in [0.1, 0.15) is 19.3 Å². The van der Waals surface area contributed by atoms with Gasteiger partial charge in [-0.15, -0.1) is 0 Å². The number of H-pyrrole nitrogens is 1. The molecule has 1 fully saturated rings. The maximum Gasteiger partial charge on any atom is 0.328 e. The molecule has 2 heterocycles. The van der Waals surface area contributed by atoms with E-state index in [1.807, 2.05) is 0 Å². The fourth-order valence-corrected chi connectivity index (χ4v) is 2.43. The van der Waals surface area contributed by atoms with Crippen LogP contribution in [0.15, 0.2) is 20.3 Å². The molecule has 1 aliphatic rings. The molecule has 94 valence electrons. The van der Waals surface area contributed by atoms with Crippen molar-refractivity contribution in [2.45, 2.75) is 25.8 Å². The highest BCUT2D eigenvalue weighted by molar-refractivity contribution is 9.10. The van der Waals surface area contributed by atoms with E-state index in [2.05, 4.69) is 25.8 Å². The van der Waals surface area contributed by atoms with Crippen molar-refractivity contribution in [1.82, 2.24) is 14.5 Å². The Labute approximate surface area is 108 Å². The Balaban J connectivity index is 2.01. The van der Waals surface area contributed by atoms with Gasteiger partial charge in [0.05, 0.1) is 4.47 Å². The number of aromatic nitrogens is 2. The first kappa shape index (κ1) is 12.6. The van der Waals surface area contributed by atoms with Gasteiger partial charge in [-0.3, -0.25) is 14.3 Å². The summed E-state index contributed by atoms with van der Waals surface area (Å²) in [5.41, 5.74) is -0.709. The Morgan fingerprint density at radius 3 is 2.59 bits per heavy atom. The van der Waals surface area contributed by atoms with E-state index in [4.69, 9.17) is 0 Å². The number of halogens is 1. The molecule has 0 spiro atoms. The fraction of sp³-hybridized carbons (Fsp3) is 0.636. The van der Waals surface area contributed by atoms with E-state index < -0.39 is 0 Å². The van der Waals surface area contributed by atoms with Gasteiger partial charge in [-0.25, -0.2) is 4.79 Å². The summed E-state index contributed by atoms with van der Waals surface area (Å²) < 4.78 is 1.94. The number of piperidine rings is 1. The Bertz CT molecular complexity index is 488. The maximum absolute atomic E-state index is 11.5. The molecule has 1 saturated heterocycles. The van der Waals surface area contributed by atoms with Crippen molar-refractivity contribution in [1.29, 1.82) is 0 Å². The smallest absolute Gasteiger partial charge is 0.302 e. The number of nitrogens with zero attached hydrogens (tertiary/aromatic N) is 2. The average Bonchev–Trinajstić information content (AvgIpc) is 2.33. The summed E-state index contributed by atoms with van der Waals surface area (Å²) in [4.78, 5) is 27.3. The monoisotopic (exact) mass is 301 g/mol. The van der Waals surface area contributed by atoms with Crippen LogP contribution in [0, 0.1) is 0 Å². The second-order valence-electron chi connectivity index (χ2n) is 4.33. The van der Waals surface area contributed by atoms with Crippen LogP contribution in [-0.4, -0.2) is 34.1 Å². The first-order valence-corrected chi connectivity index (χ1v) is 6.68. The minimum Gasteiger partial charge on any atom is -0.302 e. The zero-order chi connectivity index (χ0) is 12.3. The third-order valence-corrected chi connectivity index (χ3v) is 3.64. The van der Waals surface area contributed by atoms with Crippen molar-refractivity contribution in [2.75, 3.05) is 19.6 Å². The van der Waals surface area contributed by atoms with Crippen molar-refractivity contribution >= 4 is 15.9 Å². The Morgan fingerprint density at radius 1 is 1.18 bits per heavy atom. The maximum atomic E-state index is 11.5. The van der Waals surface area contributed by atoms with Crippen LogP contribution in [0.4, 0.5) is 0 Å². The van der Waals surface area contributed by atoms with Gasteiger partial charge in [-0.1, -0.05) is 6.42 Å². The summed E-state index contributed by atoms with van der Waals surface area (Å²) in [5.74, 6) is 0. The lowest BCUT2D eigenvalue weighted by atomic mass is 10.1. The van der Waals surface area contributed by atoms with E-state index in [9.17, 15) is 9.59 Å². The average molecular weight is 302 g/mol. The van der Waals surface area contributed by atoms with Crippen LogP contribution in [-0.2, 0) is 6.54 Å². The number of nitrogens with one attached hydrogen (secondary N) is 1. The molecule has 2 rings (SSSR count). The van der Waals surface area contributed by atoms with Gasteiger partial charge in [0, 0.05) is 19.3 Å². The topological polar surface area (TPSA) is 58.1 Å². The van der Waals surface area contributed by atoms with Crippen molar-refractivity contribution in [3.63, 3.8) is 0 Å². The summed E-state index contributed by atoms with van der Waals surface area (Å²) in [7, 11) is 0. The summed E-state index contributed by atoms with van der Waals surface area (Å²) in [6, 6.07) is 0. The minimum atomic E-state index is -0.371. The number of hydrogen-bond donors (Lipinski definition) is 1. The van der Waals surface area contributed by atoms with Gasteiger partial charge >= 0.3 is 5.69 Å². The van der Waals surface area contributed by atoms with Crippen molar-refractivity contribution in [2.24, 2.45) is 0 Å². The highest BCUT2D eigenvalue weighted by atomic mass is 79.9. The Kier molecular flexibility index (Phi) is 4.17. The largest absolute Gasteiger partial charge is 0.328 e. The number of likely N-dealkylation sites (tertiary alicyclic amines) is 1. The summed E-state index contributed by atoms with van der Waals surface area (Å²) in [6.07, 6.45) is 5.35.